The summed E-state index contributed by atoms with van der Waals surface area (Å²) in [5.41, 5.74) is 2.00. The van der Waals surface area contributed by atoms with Gasteiger partial charge in [-0.15, -0.1) is 28.8 Å². The summed E-state index contributed by atoms with van der Waals surface area (Å²) in [6.07, 6.45) is 3.30. The minimum absolute atomic E-state index is 0. The molecule has 0 aliphatic heterocycles. The van der Waals surface area contributed by atoms with Gasteiger partial charge in [0, 0.05) is 12.4 Å². The molecule has 4 aromatic rings. The molecule has 8 heteroatoms. The predicted molar refractivity (Wildman–Crippen MR) is 115 cm³/mol. The molecule has 0 saturated carbocycles. The van der Waals surface area contributed by atoms with Crippen LogP contribution in [0.1, 0.15) is 27.7 Å². The fourth-order valence-electron chi connectivity index (χ4n) is 2.04. The smallest absolute Gasteiger partial charge is 0.852 e. The molecule has 0 N–H and O–H groups in total. The van der Waals surface area contributed by atoms with E-state index in [4.69, 9.17) is 16.3 Å². The molecule has 0 amide bonds. The first kappa shape index (κ1) is 25.3. The molecule has 0 aliphatic rings. The zero-order chi connectivity index (χ0) is 19.8. The average molecular weight is 445 g/mol. The molecule has 4 aromatic heterocycles. The van der Waals surface area contributed by atoms with Gasteiger partial charge in [0.1, 0.15) is 5.75 Å². The number of ether oxygens (including phenoxy) is 1. The van der Waals surface area contributed by atoms with E-state index in [0.717, 1.165) is 31.2 Å². The van der Waals surface area contributed by atoms with Crippen LogP contribution < -0.4 is 39.4 Å². The number of hydrogen-bond donors (Lipinski definition) is 0. The van der Waals surface area contributed by atoms with Crippen LogP contribution in [0.15, 0.2) is 47.4 Å². The zero-order valence-electron chi connectivity index (χ0n) is 16.7. The van der Waals surface area contributed by atoms with E-state index in [9.17, 15) is 5.11 Å². The first-order valence-electron chi connectivity index (χ1n) is 8.51. The standard InChI is InChI=1S/C10H11NOS.C7H4ClNS.C3H7O.Na/c1-7(2)12-9-3-5-11-8-4-6-13-10(8)9;8-5-1-3-9-6-2-4-10-7(5)6;1-3(2)4;/h3-7H,1-2H3;1-4H;3H,1-2H3;/q;;-1;+1. The Morgan fingerprint density at radius 1 is 0.893 bits per heavy atom. The molecule has 4 heterocycles. The molecule has 28 heavy (non-hydrogen) atoms. The number of pyridine rings is 2. The largest absolute Gasteiger partial charge is 1.00 e. The van der Waals surface area contributed by atoms with Crippen LogP contribution in [0.25, 0.3) is 20.4 Å². The zero-order valence-corrected chi connectivity index (χ0v) is 21.1. The molecular weight excluding hydrogens is 423 g/mol. The number of fused-ring (bicyclic) bond motifs is 2. The number of rotatable bonds is 2. The molecule has 4 nitrogen and oxygen atoms in total. The van der Waals surface area contributed by atoms with Gasteiger partial charge in [0.15, 0.2) is 0 Å². The van der Waals surface area contributed by atoms with Crippen LogP contribution in [0.3, 0.4) is 0 Å². The third-order valence-corrected chi connectivity index (χ3v) is 5.25. The molecule has 0 fully saturated rings. The topological polar surface area (TPSA) is 58.1 Å². The summed E-state index contributed by atoms with van der Waals surface area (Å²) in [5, 5.41) is 14.3. The van der Waals surface area contributed by atoms with Crippen LogP contribution in [0.5, 0.6) is 5.75 Å². The van der Waals surface area contributed by atoms with E-state index in [0.29, 0.717) is 0 Å². The number of nitrogens with zero attached hydrogens (tertiary/aromatic N) is 2. The van der Waals surface area contributed by atoms with Gasteiger partial charge >= 0.3 is 29.6 Å². The fraction of sp³-hybridized carbons (Fsp3) is 0.300. The summed E-state index contributed by atoms with van der Waals surface area (Å²) in [6.45, 7) is 7.28. The third kappa shape index (κ3) is 7.95. The second-order valence-electron chi connectivity index (χ2n) is 6.09. The predicted octanol–water partition coefficient (Wildman–Crippen LogP) is 2.79. The summed E-state index contributed by atoms with van der Waals surface area (Å²) in [4.78, 5) is 8.37. The van der Waals surface area contributed by atoms with Crippen molar-refractivity contribution in [1.29, 1.82) is 0 Å². The van der Waals surface area contributed by atoms with Gasteiger partial charge in [0.2, 0.25) is 0 Å². The van der Waals surface area contributed by atoms with Crippen molar-refractivity contribution in [2.24, 2.45) is 0 Å². The van der Waals surface area contributed by atoms with E-state index in [2.05, 4.69) is 9.97 Å². The van der Waals surface area contributed by atoms with Crippen molar-refractivity contribution in [2.45, 2.75) is 39.9 Å². The van der Waals surface area contributed by atoms with Crippen LogP contribution in [0.4, 0.5) is 0 Å². The van der Waals surface area contributed by atoms with Gasteiger partial charge in [-0.25, -0.2) is 0 Å². The second kappa shape index (κ2) is 12.8. The van der Waals surface area contributed by atoms with Crippen molar-refractivity contribution in [2.75, 3.05) is 0 Å². The van der Waals surface area contributed by atoms with Gasteiger partial charge in [0.05, 0.1) is 31.6 Å². The normalized spacial score (nSPS) is 10.1. The van der Waals surface area contributed by atoms with Gasteiger partial charge < -0.3 is 9.84 Å². The van der Waals surface area contributed by atoms with E-state index in [-0.39, 0.29) is 35.7 Å². The van der Waals surface area contributed by atoms with Crippen LogP contribution in [0.2, 0.25) is 5.02 Å². The van der Waals surface area contributed by atoms with Crippen molar-refractivity contribution < 1.29 is 39.4 Å². The molecule has 0 spiro atoms. The maximum Gasteiger partial charge on any atom is 1.00 e. The van der Waals surface area contributed by atoms with Crippen LogP contribution in [-0.4, -0.2) is 22.2 Å². The maximum absolute atomic E-state index is 9.53. The minimum Gasteiger partial charge on any atom is -0.852 e. The summed E-state index contributed by atoms with van der Waals surface area (Å²) in [6, 6.07) is 7.69. The molecular formula is C20H22ClN2NaO2S2. The van der Waals surface area contributed by atoms with E-state index in [1.54, 1.807) is 55.0 Å². The molecule has 0 saturated heterocycles. The monoisotopic (exact) mass is 444 g/mol. The van der Waals surface area contributed by atoms with Crippen LogP contribution >= 0.6 is 34.3 Å². The first-order valence-corrected chi connectivity index (χ1v) is 10.6. The number of hydrogen-bond acceptors (Lipinski definition) is 6. The SMILES string of the molecule is CC(C)Oc1ccnc2ccsc12.CC(C)[O-].Clc1ccnc2ccsc12.[Na+]. The molecule has 0 atom stereocenters. The summed E-state index contributed by atoms with van der Waals surface area (Å²) in [5.74, 6) is 0.940. The van der Waals surface area contributed by atoms with Crippen molar-refractivity contribution in [3.63, 3.8) is 0 Å². The molecule has 0 unspecified atom stereocenters. The van der Waals surface area contributed by atoms with Crippen molar-refractivity contribution >= 4 is 54.7 Å². The molecule has 0 aromatic carbocycles. The molecule has 0 bridgehead atoms. The Labute approximate surface area is 200 Å². The third-order valence-electron chi connectivity index (χ3n) is 2.97. The molecule has 0 aliphatic carbocycles. The maximum atomic E-state index is 9.53. The summed E-state index contributed by atoms with van der Waals surface area (Å²) >= 11 is 9.16. The van der Waals surface area contributed by atoms with Gasteiger partial charge in [0.25, 0.3) is 0 Å². The quantitative estimate of drug-likeness (QED) is 0.446. The Morgan fingerprint density at radius 3 is 1.93 bits per heavy atom. The van der Waals surface area contributed by atoms with Gasteiger partial charge in [-0.05, 0) is 48.9 Å². The Bertz CT molecular complexity index is 970. The molecule has 144 valence electrons. The number of halogens is 1. The number of thiophene rings is 2. The number of aromatic nitrogens is 2. The summed E-state index contributed by atoms with van der Waals surface area (Å²) in [7, 11) is 0. The first-order chi connectivity index (χ1) is 12.9. The second-order valence-corrected chi connectivity index (χ2v) is 8.33. The average Bonchev–Trinajstić information content (AvgIpc) is 3.24. The molecule has 4 rings (SSSR count). The van der Waals surface area contributed by atoms with Crippen LogP contribution in [-0.2, 0) is 0 Å². The van der Waals surface area contributed by atoms with Crippen molar-refractivity contribution in [1.82, 2.24) is 9.97 Å². The van der Waals surface area contributed by atoms with Crippen molar-refractivity contribution in [3.05, 3.63) is 52.4 Å². The summed E-state index contributed by atoms with van der Waals surface area (Å²) < 4.78 is 7.86. The van der Waals surface area contributed by atoms with Crippen LogP contribution in [0, 0.1) is 0 Å². The Kier molecular flexibility index (Phi) is 11.5. The van der Waals surface area contributed by atoms with E-state index < -0.39 is 6.10 Å². The fourth-order valence-corrected chi connectivity index (χ4v) is 3.89. The van der Waals surface area contributed by atoms with Gasteiger partial charge in [-0.2, -0.15) is 0 Å². The van der Waals surface area contributed by atoms with Crippen molar-refractivity contribution in [3.8, 4) is 5.75 Å². The van der Waals surface area contributed by atoms with Gasteiger partial charge in [-0.3, -0.25) is 9.97 Å². The Morgan fingerprint density at radius 2 is 1.39 bits per heavy atom. The van der Waals surface area contributed by atoms with Gasteiger partial charge in [-0.1, -0.05) is 25.4 Å². The Hall–Kier alpha value is -0.730. The van der Waals surface area contributed by atoms with E-state index >= 15 is 0 Å². The minimum atomic E-state index is -0.417. The molecule has 0 radical (unpaired) electrons. The Balaban J connectivity index is 0.000000234. The van der Waals surface area contributed by atoms with E-state index in [1.165, 1.54) is 0 Å². The van der Waals surface area contributed by atoms with E-state index in [1.807, 2.05) is 42.8 Å².